The molecule has 28 heavy (non-hydrogen) atoms. The number of anilines is 1. The van der Waals surface area contributed by atoms with Crippen molar-refractivity contribution in [3.63, 3.8) is 0 Å². The van der Waals surface area contributed by atoms with Crippen LogP contribution in [0, 0.1) is 0 Å². The third-order valence-electron chi connectivity index (χ3n) is 3.78. The van der Waals surface area contributed by atoms with E-state index >= 15 is 0 Å². The Hall–Kier alpha value is -3.02. The van der Waals surface area contributed by atoms with E-state index in [-0.39, 0.29) is 13.0 Å². The van der Waals surface area contributed by atoms with Crippen LogP contribution in [0.15, 0.2) is 54.6 Å². The Kier molecular flexibility index (Phi) is 7.44. The molecule has 0 aliphatic carbocycles. The second-order valence-electron chi connectivity index (χ2n) is 7.23. The first-order chi connectivity index (χ1) is 13.3. The van der Waals surface area contributed by atoms with Gasteiger partial charge in [0.15, 0.2) is 0 Å². The van der Waals surface area contributed by atoms with Crippen molar-refractivity contribution in [2.24, 2.45) is 0 Å². The zero-order valence-electron chi connectivity index (χ0n) is 16.8. The highest BCUT2D eigenvalue weighted by Gasteiger charge is 2.24. The van der Waals surface area contributed by atoms with Crippen LogP contribution in [0.2, 0.25) is 0 Å². The Morgan fingerprint density at radius 1 is 0.964 bits per heavy atom. The minimum atomic E-state index is -0.640. The molecule has 2 aromatic carbocycles. The van der Waals surface area contributed by atoms with Crippen LogP contribution < -0.4 is 9.64 Å². The van der Waals surface area contributed by atoms with Crippen molar-refractivity contribution in [2.45, 2.75) is 39.4 Å². The monoisotopic (exact) mass is 385 g/mol. The summed E-state index contributed by atoms with van der Waals surface area (Å²) < 4.78 is 15.9. The quantitative estimate of drug-likeness (QED) is 0.653. The molecule has 1 amide bonds. The molecule has 0 saturated carbocycles. The van der Waals surface area contributed by atoms with Gasteiger partial charge in [-0.3, -0.25) is 9.69 Å². The maximum atomic E-state index is 12.6. The van der Waals surface area contributed by atoms with Gasteiger partial charge in [0.1, 0.15) is 18.0 Å². The molecule has 0 atom stereocenters. The summed E-state index contributed by atoms with van der Waals surface area (Å²) in [6.45, 7) is 6.00. The molecule has 0 N–H and O–H groups in total. The fourth-order valence-corrected chi connectivity index (χ4v) is 2.41. The van der Waals surface area contributed by atoms with E-state index in [0.29, 0.717) is 18.0 Å². The molecular weight excluding hydrogens is 358 g/mol. The summed E-state index contributed by atoms with van der Waals surface area (Å²) >= 11 is 0. The van der Waals surface area contributed by atoms with E-state index in [1.54, 1.807) is 45.0 Å². The SMILES string of the molecule is COC(=O)CCN(C(=O)OC(C)(C)C)c1ccc(OCc2ccccc2)cc1. The molecular formula is C22H27NO5. The molecule has 0 spiro atoms. The molecule has 0 heterocycles. The number of hydrogen-bond donors (Lipinski definition) is 0. The number of amides is 1. The first kappa shape index (κ1) is 21.3. The topological polar surface area (TPSA) is 65.1 Å². The minimum Gasteiger partial charge on any atom is -0.489 e. The van der Waals surface area contributed by atoms with E-state index in [1.807, 2.05) is 30.3 Å². The van der Waals surface area contributed by atoms with Crippen LogP contribution in [-0.2, 0) is 20.9 Å². The van der Waals surface area contributed by atoms with Crippen LogP contribution in [0.5, 0.6) is 5.75 Å². The highest BCUT2D eigenvalue weighted by molar-refractivity contribution is 5.88. The largest absolute Gasteiger partial charge is 0.489 e. The van der Waals surface area contributed by atoms with Crippen LogP contribution >= 0.6 is 0 Å². The summed E-state index contributed by atoms with van der Waals surface area (Å²) in [5.74, 6) is 0.293. The first-order valence-electron chi connectivity index (χ1n) is 9.12. The van der Waals surface area contributed by atoms with Gasteiger partial charge in [-0.15, -0.1) is 0 Å². The van der Waals surface area contributed by atoms with Crippen molar-refractivity contribution in [3.05, 3.63) is 60.2 Å². The molecule has 0 aromatic heterocycles. The second kappa shape index (κ2) is 9.78. The van der Waals surface area contributed by atoms with Crippen molar-refractivity contribution in [1.29, 1.82) is 0 Å². The molecule has 2 aromatic rings. The third kappa shape index (κ3) is 6.95. The summed E-state index contributed by atoms with van der Waals surface area (Å²) in [6.07, 6.45) is -0.448. The number of nitrogens with zero attached hydrogens (tertiary/aromatic N) is 1. The molecule has 6 nitrogen and oxygen atoms in total. The lowest BCUT2D eigenvalue weighted by molar-refractivity contribution is -0.140. The van der Waals surface area contributed by atoms with Crippen LogP contribution in [0.4, 0.5) is 10.5 Å². The van der Waals surface area contributed by atoms with Gasteiger partial charge in [0, 0.05) is 12.2 Å². The minimum absolute atomic E-state index is 0.0714. The maximum Gasteiger partial charge on any atom is 0.414 e. The summed E-state index contributed by atoms with van der Waals surface area (Å²) in [5, 5.41) is 0. The van der Waals surface area contributed by atoms with Gasteiger partial charge in [-0.05, 0) is 50.6 Å². The van der Waals surface area contributed by atoms with Gasteiger partial charge in [0.25, 0.3) is 0 Å². The van der Waals surface area contributed by atoms with Crippen molar-refractivity contribution in [3.8, 4) is 5.75 Å². The number of esters is 1. The van der Waals surface area contributed by atoms with E-state index in [1.165, 1.54) is 12.0 Å². The van der Waals surface area contributed by atoms with Crippen molar-refractivity contribution >= 4 is 17.7 Å². The Morgan fingerprint density at radius 3 is 2.18 bits per heavy atom. The molecule has 0 radical (unpaired) electrons. The lowest BCUT2D eigenvalue weighted by Gasteiger charge is -2.27. The van der Waals surface area contributed by atoms with Gasteiger partial charge >= 0.3 is 12.1 Å². The number of benzene rings is 2. The summed E-state index contributed by atoms with van der Waals surface area (Å²) in [5.41, 5.74) is 1.05. The molecule has 2 rings (SSSR count). The summed E-state index contributed by atoms with van der Waals surface area (Å²) in [6, 6.07) is 17.0. The molecule has 150 valence electrons. The lowest BCUT2D eigenvalue weighted by atomic mass is 10.2. The Bertz CT molecular complexity index is 766. The lowest BCUT2D eigenvalue weighted by Crippen LogP contribution is -2.38. The number of rotatable bonds is 7. The van der Waals surface area contributed by atoms with E-state index in [9.17, 15) is 9.59 Å². The predicted molar refractivity (Wildman–Crippen MR) is 107 cm³/mol. The fourth-order valence-electron chi connectivity index (χ4n) is 2.41. The van der Waals surface area contributed by atoms with Crippen molar-refractivity contribution < 1.29 is 23.8 Å². The second-order valence-corrected chi connectivity index (χ2v) is 7.23. The summed E-state index contributed by atoms with van der Waals surface area (Å²) in [4.78, 5) is 25.5. The van der Waals surface area contributed by atoms with E-state index in [4.69, 9.17) is 9.47 Å². The average molecular weight is 385 g/mol. The normalized spacial score (nSPS) is 10.9. The van der Waals surface area contributed by atoms with Crippen LogP contribution in [0.25, 0.3) is 0 Å². The predicted octanol–water partition coefficient (Wildman–Crippen LogP) is 4.57. The zero-order valence-corrected chi connectivity index (χ0v) is 16.8. The molecule has 0 aliphatic rings. The van der Waals surface area contributed by atoms with Crippen molar-refractivity contribution in [1.82, 2.24) is 0 Å². The van der Waals surface area contributed by atoms with E-state index in [0.717, 1.165) is 5.56 Å². The van der Waals surface area contributed by atoms with Crippen LogP contribution in [0.1, 0.15) is 32.8 Å². The summed E-state index contributed by atoms with van der Waals surface area (Å²) in [7, 11) is 1.32. The number of ether oxygens (including phenoxy) is 3. The average Bonchev–Trinajstić information content (AvgIpc) is 2.66. The number of carbonyl (C=O) groups excluding carboxylic acids is 2. The van der Waals surface area contributed by atoms with Crippen LogP contribution in [0.3, 0.4) is 0 Å². The molecule has 0 saturated heterocycles. The Labute approximate surface area is 166 Å². The maximum absolute atomic E-state index is 12.6. The Balaban J connectivity index is 2.08. The standard InChI is InChI=1S/C22H27NO5/c1-22(2,3)28-21(25)23(15-14-20(24)26-4)18-10-12-19(13-11-18)27-16-17-8-6-5-7-9-17/h5-13H,14-16H2,1-4H3. The molecule has 0 bridgehead atoms. The van der Waals surface area contributed by atoms with E-state index in [2.05, 4.69) is 4.74 Å². The Morgan fingerprint density at radius 2 is 1.61 bits per heavy atom. The van der Waals surface area contributed by atoms with Crippen LogP contribution in [-0.4, -0.2) is 31.3 Å². The van der Waals surface area contributed by atoms with Gasteiger partial charge in [-0.25, -0.2) is 4.79 Å². The highest BCUT2D eigenvalue weighted by Crippen LogP contribution is 2.23. The van der Waals surface area contributed by atoms with Gasteiger partial charge in [0.05, 0.1) is 13.5 Å². The van der Waals surface area contributed by atoms with Gasteiger partial charge < -0.3 is 14.2 Å². The van der Waals surface area contributed by atoms with Gasteiger partial charge in [-0.2, -0.15) is 0 Å². The number of hydrogen-bond acceptors (Lipinski definition) is 5. The molecule has 0 fully saturated rings. The number of carbonyl (C=O) groups is 2. The van der Waals surface area contributed by atoms with Crippen molar-refractivity contribution in [2.75, 3.05) is 18.6 Å². The van der Waals surface area contributed by atoms with E-state index < -0.39 is 17.7 Å². The van der Waals surface area contributed by atoms with Gasteiger partial charge in [-0.1, -0.05) is 30.3 Å². The molecule has 0 aliphatic heterocycles. The van der Waals surface area contributed by atoms with Gasteiger partial charge in [0.2, 0.25) is 0 Å². The number of methoxy groups -OCH3 is 1. The molecule has 0 unspecified atom stereocenters. The molecule has 6 heteroatoms. The fraction of sp³-hybridized carbons (Fsp3) is 0.364. The first-order valence-corrected chi connectivity index (χ1v) is 9.12. The third-order valence-corrected chi connectivity index (χ3v) is 3.78. The highest BCUT2D eigenvalue weighted by atomic mass is 16.6. The zero-order chi connectivity index (χ0) is 20.6. The smallest absolute Gasteiger partial charge is 0.414 e.